The van der Waals surface area contributed by atoms with Gasteiger partial charge in [0.1, 0.15) is 66.5 Å². The summed E-state index contributed by atoms with van der Waals surface area (Å²) in [6, 6.07) is -8.98. The first-order valence-corrected chi connectivity index (χ1v) is 31.7. The number of benzene rings is 1. The molecule has 468 valence electrons. The maximum atomic E-state index is 14.6. The van der Waals surface area contributed by atoms with Gasteiger partial charge in [0.2, 0.25) is 70.9 Å². The molecule has 0 aromatic heterocycles. The van der Waals surface area contributed by atoms with Gasteiger partial charge in [0, 0.05) is 36.0 Å². The lowest BCUT2D eigenvalue weighted by molar-refractivity contribution is -0.136. The molecule has 84 heavy (non-hydrogen) atoms. The van der Waals surface area contributed by atoms with Gasteiger partial charge in [-0.1, -0.05) is 87.4 Å². The number of nitrogens with two attached hydrogens (primary N) is 6. The zero-order chi connectivity index (χ0) is 62.5. The molecule has 2 aliphatic heterocycles. The van der Waals surface area contributed by atoms with E-state index in [0.29, 0.717) is 12.0 Å². The summed E-state index contributed by atoms with van der Waals surface area (Å²) < 4.78 is 0. The topological polar surface area (TPSA) is 534 Å². The van der Waals surface area contributed by atoms with Gasteiger partial charge in [-0.2, -0.15) is 0 Å². The molecule has 11 atom stereocenters. The molecule has 31 nitrogen and oxygen atoms in total. The van der Waals surface area contributed by atoms with Gasteiger partial charge in [0.05, 0.1) is 19.6 Å². The van der Waals surface area contributed by atoms with E-state index in [0.717, 1.165) is 43.2 Å². The van der Waals surface area contributed by atoms with Crippen LogP contribution in [0, 0.1) is 5.92 Å². The number of amides is 12. The summed E-state index contributed by atoms with van der Waals surface area (Å²) in [7, 11) is 3.56. The number of aliphatic hydroxyl groups is 2. The average Bonchev–Trinajstić information content (AvgIpc) is 3.45. The van der Waals surface area contributed by atoms with Crippen LogP contribution in [0.3, 0.4) is 0 Å². The number of hydrogen-bond acceptors (Lipinski definition) is 21. The van der Waals surface area contributed by atoms with Crippen LogP contribution >= 0.6 is 43.2 Å². The minimum absolute atomic E-state index is 0.0329. The monoisotopic (exact) mass is 1260 g/mol. The average molecular weight is 1260 g/mol. The third-order valence-corrected chi connectivity index (χ3v) is 17.3. The quantitative estimate of drug-likeness (QED) is 0.0265. The molecule has 0 unspecified atom stereocenters. The van der Waals surface area contributed by atoms with Gasteiger partial charge in [0.15, 0.2) is 5.96 Å². The highest BCUT2D eigenvalue weighted by Crippen LogP contribution is 2.26. The fraction of sp³-hybridized carbons (Fsp3) is 0.612. The van der Waals surface area contributed by atoms with Crippen molar-refractivity contribution in [1.29, 1.82) is 0 Å². The number of carbonyl (C=O) groups is 12. The highest BCUT2D eigenvalue weighted by atomic mass is 33.1. The van der Waals surface area contributed by atoms with Crippen molar-refractivity contribution >= 4 is 120 Å². The molecule has 0 spiro atoms. The zero-order valence-electron chi connectivity index (χ0n) is 46.5. The summed E-state index contributed by atoms with van der Waals surface area (Å²) >= 11 is 0. The first-order chi connectivity index (χ1) is 39.9. The van der Waals surface area contributed by atoms with Gasteiger partial charge in [-0.15, -0.1) is 0 Å². The number of aliphatic imine (C=N–C) groups is 1. The Labute approximate surface area is 500 Å². The molecule has 0 radical (unpaired) electrons. The van der Waals surface area contributed by atoms with E-state index in [9.17, 15) is 67.7 Å². The second kappa shape index (κ2) is 37.6. The number of nitrogens with zero attached hydrogens (tertiary/aromatic N) is 1. The van der Waals surface area contributed by atoms with Crippen molar-refractivity contribution in [3.63, 3.8) is 0 Å². The molecule has 2 fully saturated rings. The Morgan fingerprint density at radius 3 is 1.64 bits per heavy atom. The smallest absolute Gasteiger partial charge is 0.245 e. The Balaban J connectivity index is 2.36. The molecule has 12 amide bonds. The van der Waals surface area contributed by atoms with E-state index in [1.165, 1.54) is 0 Å². The van der Waals surface area contributed by atoms with Crippen LogP contribution in [0.2, 0.25) is 0 Å². The lowest BCUT2D eigenvalue weighted by Crippen LogP contribution is -2.61. The van der Waals surface area contributed by atoms with E-state index in [-0.39, 0.29) is 86.5 Å². The van der Waals surface area contributed by atoms with Crippen molar-refractivity contribution in [2.75, 3.05) is 49.3 Å². The number of guanidine groups is 1. The van der Waals surface area contributed by atoms with E-state index < -0.39 is 157 Å². The molecular formula is C49H79N17O14S4. The summed E-state index contributed by atoms with van der Waals surface area (Å²) in [5.74, 6) is -14.1. The Hall–Kier alpha value is -6.63. The predicted molar refractivity (Wildman–Crippen MR) is 317 cm³/mol. The van der Waals surface area contributed by atoms with Crippen molar-refractivity contribution < 1.29 is 67.7 Å². The van der Waals surface area contributed by atoms with Crippen LogP contribution in [0.15, 0.2) is 35.3 Å². The Bertz CT molecular complexity index is 2470. The minimum atomic E-state index is -1.80. The van der Waals surface area contributed by atoms with Crippen LogP contribution in [0.25, 0.3) is 0 Å². The molecule has 35 heteroatoms. The standard InChI is InChI=1S/C49H79N17O14S4/c1-24(2)15-29-42(74)65-36-23-84-83-21-34(64-39(71)26(51)18-67)47(79)62-32(19-68)45(77)66-35(22-82-81-20-33(38(53)70)63-48(36)80)46(78)58-27(11-6-7-13-50)40(72)57-28(12-8-14-56-49(54)55)41(73)61-31(17-37(52)69)44(76)60-30(43(75)59-29)16-25-9-4-3-5-10-25/h3-5,9-10,24,26-36,67-68H,6-8,11-23,50-51H2,1-2H3,(H2,52,69)(H2,53,70)(H,57,72)(H,58,78)(H,59,75)(H,60,76)(H,61,73)(H,62,79)(H,63,80)(H,64,71)(H,65,74)(H,66,77)(H4,54,55,56)/t26-,27-,28-,29-,30-,31-,32-,33-,34-,35-,36-/m0/s1. The first-order valence-electron chi connectivity index (χ1n) is 26.7. The SMILES string of the molecule is CC(C)C[C@@H]1NC(=O)[C@H](Cc2ccccc2)NC(=O)[C@H](CC(N)=O)NC(=O)[C@H](CCCN=C(N)N)NC(=O)[C@H](CCCCN)NC(=O)[C@@H]2CSSC[C@@H](C(N)=O)NC(=O)[C@H](CSSC[C@H](NC(=O)[C@@H](N)CO)C(=O)N[C@@H](CO)C(=O)N2)NC1=O. The Morgan fingerprint density at radius 2 is 1.08 bits per heavy atom. The molecule has 2 bridgehead atoms. The van der Waals surface area contributed by atoms with Crippen molar-refractivity contribution in [3.8, 4) is 0 Å². The van der Waals surface area contributed by atoms with Crippen LogP contribution in [0.5, 0.6) is 0 Å². The summed E-state index contributed by atoms with van der Waals surface area (Å²) in [6.45, 7) is 1.68. The first kappa shape index (κ1) is 71.6. The molecule has 2 aliphatic rings. The van der Waals surface area contributed by atoms with Crippen molar-refractivity contribution in [2.24, 2.45) is 45.3 Å². The maximum Gasteiger partial charge on any atom is 0.245 e. The maximum absolute atomic E-state index is 14.6. The van der Waals surface area contributed by atoms with E-state index in [1.54, 1.807) is 44.2 Å². The fourth-order valence-corrected chi connectivity index (χ4v) is 12.6. The molecule has 2 heterocycles. The molecule has 24 N–H and O–H groups in total. The van der Waals surface area contributed by atoms with Crippen LogP contribution < -0.4 is 87.6 Å². The number of carbonyl (C=O) groups excluding carboxylic acids is 12. The number of aliphatic hydroxyl groups excluding tert-OH is 2. The summed E-state index contributed by atoms with van der Waals surface area (Å²) in [6.07, 6.45) is -0.836. The molecule has 2 saturated heterocycles. The van der Waals surface area contributed by atoms with E-state index >= 15 is 0 Å². The van der Waals surface area contributed by atoms with Gasteiger partial charge >= 0.3 is 0 Å². The molecule has 1 aromatic rings. The number of nitrogens with one attached hydrogen (secondary N) is 10. The number of hydrogen-bond donors (Lipinski definition) is 18. The summed E-state index contributed by atoms with van der Waals surface area (Å²) in [5.41, 5.74) is 34.5. The van der Waals surface area contributed by atoms with Gasteiger partial charge in [-0.25, -0.2) is 0 Å². The number of fused-ring (bicyclic) bond motifs is 8. The number of rotatable bonds is 19. The van der Waals surface area contributed by atoms with Crippen molar-refractivity contribution in [1.82, 2.24) is 53.2 Å². The fourth-order valence-electron chi connectivity index (χ4n) is 7.92. The highest BCUT2D eigenvalue weighted by molar-refractivity contribution is 8.77. The van der Waals surface area contributed by atoms with Gasteiger partial charge in [0.25, 0.3) is 0 Å². The lowest BCUT2D eigenvalue weighted by atomic mass is 10.0. The summed E-state index contributed by atoms with van der Waals surface area (Å²) in [5, 5.41) is 45.3. The van der Waals surface area contributed by atoms with Crippen LogP contribution in [-0.4, -0.2) is 203 Å². The van der Waals surface area contributed by atoms with Gasteiger partial charge in [-0.3, -0.25) is 62.5 Å². The second-order valence-corrected chi connectivity index (χ2v) is 25.0. The molecule has 0 aliphatic carbocycles. The lowest BCUT2D eigenvalue weighted by Gasteiger charge is -2.28. The van der Waals surface area contributed by atoms with Crippen LogP contribution in [0.4, 0.5) is 0 Å². The largest absolute Gasteiger partial charge is 0.394 e. The van der Waals surface area contributed by atoms with E-state index in [1.807, 2.05) is 0 Å². The van der Waals surface area contributed by atoms with Gasteiger partial charge in [-0.05, 0) is 56.6 Å². The third kappa shape index (κ3) is 25.7. The van der Waals surface area contributed by atoms with Crippen LogP contribution in [-0.2, 0) is 64.0 Å². The highest BCUT2D eigenvalue weighted by Gasteiger charge is 2.37. The van der Waals surface area contributed by atoms with Crippen molar-refractivity contribution in [2.45, 2.75) is 132 Å². The van der Waals surface area contributed by atoms with Gasteiger partial charge < -0.3 is 97.8 Å². The second-order valence-electron chi connectivity index (χ2n) is 19.8. The number of primary amides is 2. The minimum Gasteiger partial charge on any atom is -0.394 e. The molecular weight excluding hydrogens is 1180 g/mol. The Morgan fingerprint density at radius 1 is 0.595 bits per heavy atom. The predicted octanol–water partition coefficient (Wildman–Crippen LogP) is -7.23. The zero-order valence-corrected chi connectivity index (χ0v) is 49.7. The molecule has 0 saturated carbocycles. The normalized spacial score (nSPS) is 25.7. The van der Waals surface area contributed by atoms with E-state index in [2.05, 4.69) is 58.2 Å². The summed E-state index contributed by atoms with van der Waals surface area (Å²) in [4.78, 5) is 172. The Kier molecular flexibility index (Phi) is 32.1. The third-order valence-electron chi connectivity index (χ3n) is 12.5. The molecule has 1 aromatic carbocycles. The van der Waals surface area contributed by atoms with Crippen molar-refractivity contribution in [3.05, 3.63) is 35.9 Å². The van der Waals surface area contributed by atoms with Crippen LogP contribution in [0.1, 0.15) is 64.4 Å². The number of unbranched alkanes of at least 4 members (excludes halogenated alkanes) is 1. The molecule has 3 rings (SSSR count). The van der Waals surface area contributed by atoms with E-state index in [4.69, 9.17) is 34.4 Å².